The maximum Gasteiger partial charge on any atom is 0.258 e. The topological polar surface area (TPSA) is 63.8 Å². The van der Waals surface area contributed by atoms with E-state index in [9.17, 15) is 0 Å². The highest BCUT2D eigenvalue weighted by Gasteiger charge is 2.17. The van der Waals surface area contributed by atoms with Crippen LogP contribution in [0.4, 0.5) is 0 Å². The summed E-state index contributed by atoms with van der Waals surface area (Å²) in [5, 5.41) is 7.49. The molecule has 3 aromatic rings. The van der Waals surface area contributed by atoms with E-state index in [1.165, 1.54) is 18.4 Å². The lowest BCUT2D eigenvalue weighted by atomic mass is 9.89. The summed E-state index contributed by atoms with van der Waals surface area (Å²) < 4.78 is 5.45. The average Bonchev–Trinajstić information content (AvgIpc) is 3.14. The molecule has 0 amide bonds. The monoisotopic (exact) mass is 306 g/mol. The summed E-state index contributed by atoms with van der Waals surface area (Å²) in [6, 6.07) is 12.2. The van der Waals surface area contributed by atoms with Gasteiger partial charge < -0.3 is 9.84 Å². The molecule has 3 heterocycles. The number of aromatic nitrogens is 3. The van der Waals surface area contributed by atoms with Gasteiger partial charge in [-0.2, -0.15) is 4.98 Å². The highest BCUT2D eigenvalue weighted by molar-refractivity contribution is 5.60. The van der Waals surface area contributed by atoms with Gasteiger partial charge in [0.05, 0.1) is 0 Å². The van der Waals surface area contributed by atoms with E-state index in [1.54, 1.807) is 12.4 Å². The predicted molar refractivity (Wildman–Crippen MR) is 87.8 cm³/mol. The van der Waals surface area contributed by atoms with E-state index in [4.69, 9.17) is 4.52 Å². The fourth-order valence-corrected chi connectivity index (χ4v) is 3.04. The molecule has 0 atom stereocenters. The fraction of sp³-hybridized carbons (Fsp3) is 0.278. The van der Waals surface area contributed by atoms with Crippen molar-refractivity contribution in [1.82, 2.24) is 20.4 Å². The third-order valence-corrected chi connectivity index (χ3v) is 4.31. The quantitative estimate of drug-likeness (QED) is 0.804. The number of piperidine rings is 1. The van der Waals surface area contributed by atoms with Crippen molar-refractivity contribution in [2.75, 3.05) is 13.1 Å². The Morgan fingerprint density at radius 3 is 2.65 bits per heavy atom. The summed E-state index contributed by atoms with van der Waals surface area (Å²) in [6.07, 6.45) is 5.80. The van der Waals surface area contributed by atoms with Crippen LogP contribution in [-0.2, 0) is 0 Å². The minimum absolute atomic E-state index is 0.563. The van der Waals surface area contributed by atoms with Gasteiger partial charge in [0.1, 0.15) is 0 Å². The van der Waals surface area contributed by atoms with Crippen molar-refractivity contribution in [3.05, 3.63) is 54.4 Å². The van der Waals surface area contributed by atoms with Gasteiger partial charge in [-0.25, -0.2) is 0 Å². The van der Waals surface area contributed by atoms with Crippen LogP contribution < -0.4 is 5.32 Å². The molecule has 0 saturated carbocycles. The van der Waals surface area contributed by atoms with E-state index < -0.39 is 0 Å². The molecule has 0 spiro atoms. The molecule has 0 unspecified atom stereocenters. The Morgan fingerprint density at radius 1 is 1.00 bits per heavy atom. The molecule has 116 valence electrons. The van der Waals surface area contributed by atoms with Crippen LogP contribution in [0.1, 0.15) is 24.3 Å². The zero-order valence-corrected chi connectivity index (χ0v) is 12.8. The van der Waals surface area contributed by atoms with Crippen LogP contribution in [0.2, 0.25) is 0 Å². The Bertz CT molecular complexity index is 778. The van der Waals surface area contributed by atoms with Gasteiger partial charge in [0.2, 0.25) is 5.82 Å². The van der Waals surface area contributed by atoms with Crippen molar-refractivity contribution < 1.29 is 4.52 Å². The van der Waals surface area contributed by atoms with Crippen LogP contribution >= 0.6 is 0 Å². The Kier molecular flexibility index (Phi) is 3.86. The lowest BCUT2D eigenvalue weighted by molar-refractivity contribution is 0.432. The molecule has 1 fully saturated rings. The molecule has 4 rings (SSSR count). The molecule has 1 aromatic carbocycles. The van der Waals surface area contributed by atoms with E-state index in [0.29, 0.717) is 17.6 Å². The van der Waals surface area contributed by atoms with E-state index in [1.807, 2.05) is 18.2 Å². The number of rotatable bonds is 3. The van der Waals surface area contributed by atoms with E-state index in [2.05, 4.69) is 38.6 Å². The molecule has 5 nitrogen and oxygen atoms in total. The Morgan fingerprint density at radius 2 is 1.83 bits per heavy atom. The third-order valence-electron chi connectivity index (χ3n) is 4.31. The molecular formula is C18H18N4O. The first kappa shape index (κ1) is 14.1. The summed E-state index contributed by atoms with van der Waals surface area (Å²) in [7, 11) is 0. The normalized spacial score (nSPS) is 15.7. The van der Waals surface area contributed by atoms with Gasteiger partial charge in [-0.3, -0.25) is 4.98 Å². The minimum atomic E-state index is 0.563. The maximum atomic E-state index is 5.45. The van der Waals surface area contributed by atoms with Crippen molar-refractivity contribution in [3.8, 4) is 22.8 Å². The molecular weight excluding hydrogens is 288 g/mol. The average molecular weight is 306 g/mol. The fourth-order valence-electron chi connectivity index (χ4n) is 3.04. The summed E-state index contributed by atoms with van der Waals surface area (Å²) >= 11 is 0. The number of pyridine rings is 1. The van der Waals surface area contributed by atoms with Gasteiger partial charge in [-0.15, -0.1) is 0 Å². The van der Waals surface area contributed by atoms with Crippen molar-refractivity contribution in [2.24, 2.45) is 0 Å². The molecule has 2 aromatic heterocycles. The molecule has 23 heavy (non-hydrogen) atoms. The van der Waals surface area contributed by atoms with Crippen molar-refractivity contribution in [1.29, 1.82) is 0 Å². The van der Waals surface area contributed by atoms with Gasteiger partial charge >= 0.3 is 0 Å². The van der Waals surface area contributed by atoms with Crippen LogP contribution in [-0.4, -0.2) is 28.2 Å². The van der Waals surface area contributed by atoms with Gasteiger partial charge in [-0.1, -0.05) is 17.3 Å². The first-order valence-electron chi connectivity index (χ1n) is 7.95. The molecule has 1 N–H and O–H groups in total. The van der Waals surface area contributed by atoms with Gasteiger partial charge in [0.25, 0.3) is 5.89 Å². The standard InChI is InChI=1S/C18H18N4O/c1-2-15(13-4-8-19-9-5-13)12-16(3-1)18-21-17(22-23-18)14-6-10-20-11-7-14/h1-3,6-7,10-13,19H,4-5,8-9H2. The first-order chi connectivity index (χ1) is 11.4. The summed E-state index contributed by atoms with van der Waals surface area (Å²) in [6.45, 7) is 2.17. The number of nitrogens with one attached hydrogen (secondary N) is 1. The second-order valence-electron chi connectivity index (χ2n) is 5.81. The molecule has 1 saturated heterocycles. The Hall–Kier alpha value is -2.53. The molecule has 0 aliphatic carbocycles. The molecule has 5 heteroatoms. The predicted octanol–water partition coefficient (Wildman–Crippen LogP) is 3.27. The summed E-state index contributed by atoms with van der Waals surface area (Å²) in [5.74, 6) is 1.76. The van der Waals surface area contributed by atoms with Crippen molar-refractivity contribution >= 4 is 0 Å². The third kappa shape index (κ3) is 3.00. The zero-order chi connectivity index (χ0) is 15.5. The number of hydrogen-bond acceptors (Lipinski definition) is 5. The first-order valence-corrected chi connectivity index (χ1v) is 7.95. The van der Waals surface area contributed by atoms with Crippen molar-refractivity contribution in [2.45, 2.75) is 18.8 Å². The van der Waals surface area contributed by atoms with Gasteiger partial charge in [-0.05, 0) is 61.7 Å². The molecule has 0 radical (unpaired) electrons. The molecule has 0 bridgehead atoms. The molecule has 1 aliphatic heterocycles. The maximum absolute atomic E-state index is 5.45. The van der Waals surface area contributed by atoms with Crippen LogP contribution in [0.25, 0.3) is 22.8 Å². The number of nitrogens with zero attached hydrogens (tertiary/aromatic N) is 3. The largest absolute Gasteiger partial charge is 0.334 e. The second-order valence-corrected chi connectivity index (χ2v) is 5.81. The van der Waals surface area contributed by atoms with E-state index in [-0.39, 0.29) is 0 Å². The van der Waals surface area contributed by atoms with Crippen LogP contribution in [0.15, 0.2) is 53.3 Å². The van der Waals surface area contributed by atoms with Crippen LogP contribution in [0.3, 0.4) is 0 Å². The SMILES string of the molecule is c1cc(-c2nc(-c3ccncc3)no2)cc(C2CCNCC2)c1. The summed E-state index contributed by atoms with van der Waals surface area (Å²) in [4.78, 5) is 8.53. The van der Waals surface area contributed by atoms with Crippen LogP contribution in [0.5, 0.6) is 0 Å². The minimum Gasteiger partial charge on any atom is -0.334 e. The highest BCUT2D eigenvalue weighted by Crippen LogP contribution is 2.29. The van der Waals surface area contributed by atoms with Gasteiger partial charge in [0.15, 0.2) is 0 Å². The van der Waals surface area contributed by atoms with E-state index in [0.717, 1.165) is 24.2 Å². The van der Waals surface area contributed by atoms with Crippen molar-refractivity contribution in [3.63, 3.8) is 0 Å². The number of hydrogen-bond donors (Lipinski definition) is 1. The highest BCUT2D eigenvalue weighted by atomic mass is 16.5. The Balaban J connectivity index is 1.62. The lowest BCUT2D eigenvalue weighted by Crippen LogP contribution is -2.26. The summed E-state index contributed by atoms with van der Waals surface area (Å²) in [5.41, 5.74) is 3.24. The van der Waals surface area contributed by atoms with Crippen LogP contribution in [0, 0.1) is 0 Å². The van der Waals surface area contributed by atoms with E-state index >= 15 is 0 Å². The second kappa shape index (κ2) is 6.30. The molecule has 1 aliphatic rings. The smallest absolute Gasteiger partial charge is 0.258 e. The number of benzene rings is 1. The Labute approximate surface area is 134 Å². The van der Waals surface area contributed by atoms with Gasteiger partial charge in [0, 0.05) is 23.5 Å². The zero-order valence-electron chi connectivity index (χ0n) is 12.8. The lowest BCUT2D eigenvalue weighted by Gasteiger charge is -2.23.